The minimum Gasteiger partial charge on any atom is -0.349 e. The van der Waals surface area contributed by atoms with E-state index in [2.05, 4.69) is 26.1 Å². The third kappa shape index (κ3) is 7.90. The Labute approximate surface area is 131 Å². The molecule has 1 N–H and O–H groups in total. The van der Waals surface area contributed by atoms with Gasteiger partial charge in [0.25, 0.3) is 0 Å². The minimum absolute atomic E-state index is 0.0229. The van der Waals surface area contributed by atoms with E-state index in [-0.39, 0.29) is 28.9 Å². The van der Waals surface area contributed by atoms with Gasteiger partial charge in [0.1, 0.15) is 5.78 Å². The van der Waals surface area contributed by atoms with Gasteiger partial charge in [0.15, 0.2) is 0 Å². The van der Waals surface area contributed by atoms with Crippen molar-refractivity contribution < 1.29 is 9.59 Å². The smallest absolute Gasteiger partial charge is 0.224 e. The number of amides is 1. The summed E-state index contributed by atoms with van der Waals surface area (Å²) in [4.78, 5) is 23.3. The number of Topliss-reactive ketones (excluding diaryl/α,β-unsaturated/α-hetero) is 1. The number of carbonyl (C=O) groups excluding carboxylic acids is 2. The first-order valence-electron chi connectivity index (χ1n) is 7.23. The standard InChI is InChI=1S/C17H25NO2S/c1-13(19)11-18-16(20)15(12-21-17(2,3)4)10-14-8-6-5-7-9-14/h5-9,15H,10-12H2,1-4H3,(H,18,20). The first-order valence-corrected chi connectivity index (χ1v) is 8.21. The van der Waals surface area contributed by atoms with E-state index in [4.69, 9.17) is 0 Å². The van der Waals surface area contributed by atoms with Crippen molar-refractivity contribution in [2.24, 2.45) is 5.92 Å². The van der Waals surface area contributed by atoms with Gasteiger partial charge in [-0.2, -0.15) is 11.8 Å². The summed E-state index contributed by atoms with van der Waals surface area (Å²) in [6.45, 7) is 8.03. The fourth-order valence-electron chi connectivity index (χ4n) is 1.83. The monoisotopic (exact) mass is 307 g/mol. The lowest BCUT2D eigenvalue weighted by Crippen LogP contribution is -2.36. The van der Waals surface area contributed by atoms with Crippen LogP contribution in [0, 0.1) is 5.92 Å². The molecule has 0 aliphatic carbocycles. The second-order valence-electron chi connectivity index (χ2n) is 6.23. The highest BCUT2D eigenvalue weighted by Crippen LogP contribution is 2.26. The summed E-state index contributed by atoms with van der Waals surface area (Å²) in [5, 5.41) is 2.74. The Kier molecular flexibility index (Phi) is 6.96. The number of benzene rings is 1. The fourth-order valence-corrected chi connectivity index (χ4v) is 2.80. The van der Waals surface area contributed by atoms with Crippen LogP contribution in [0.4, 0.5) is 0 Å². The number of carbonyl (C=O) groups is 2. The molecule has 1 rings (SSSR count). The van der Waals surface area contributed by atoms with Crippen molar-refractivity contribution in [3.63, 3.8) is 0 Å². The van der Waals surface area contributed by atoms with E-state index >= 15 is 0 Å². The largest absolute Gasteiger partial charge is 0.349 e. The van der Waals surface area contributed by atoms with Crippen LogP contribution in [0.1, 0.15) is 33.3 Å². The Hall–Kier alpha value is -1.29. The Morgan fingerprint density at radius 1 is 1.19 bits per heavy atom. The molecule has 0 heterocycles. The molecule has 1 aromatic carbocycles. The van der Waals surface area contributed by atoms with E-state index in [0.29, 0.717) is 6.42 Å². The van der Waals surface area contributed by atoms with Crippen LogP contribution in [0.25, 0.3) is 0 Å². The molecule has 0 saturated heterocycles. The zero-order valence-electron chi connectivity index (χ0n) is 13.3. The van der Waals surface area contributed by atoms with Crippen molar-refractivity contribution >= 4 is 23.5 Å². The zero-order chi connectivity index (χ0) is 15.9. The van der Waals surface area contributed by atoms with Crippen molar-refractivity contribution in [2.75, 3.05) is 12.3 Å². The van der Waals surface area contributed by atoms with Gasteiger partial charge >= 0.3 is 0 Å². The number of hydrogen-bond acceptors (Lipinski definition) is 3. The highest BCUT2D eigenvalue weighted by Gasteiger charge is 2.22. The van der Waals surface area contributed by atoms with E-state index in [1.807, 2.05) is 30.3 Å². The lowest BCUT2D eigenvalue weighted by molar-refractivity contribution is -0.126. The molecule has 21 heavy (non-hydrogen) atoms. The van der Waals surface area contributed by atoms with E-state index in [1.54, 1.807) is 11.8 Å². The maximum absolute atomic E-state index is 12.3. The number of nitrogens with one attached hydrogen (secondary N) is 1. The molecule has 1 unspecified atom stereocenters. The fraction of sp³-hybridized carbons (Fsp3) is 0.529. The zero-order valence-corrected chi connectivity index (χ0v) is 14.1. The molecular weight excluding hydrogens is 282 g/mol. The van der Waals surface area contributed by atoms with Gasteiger partial charge in [-0.25, -0.2) is 0 Å². The average Bonchev–Trinajstić information content (AvgIpc) is 2.41. The molecule has 0 fully saturated rings. The summed E-state index contributed by atoms with van der Waals surface area (Å²) in [7, 11) is 0. The third-order valence-corrected chi connectivity index (χ3v) is 4.36. The Morgan fingerprint density at radius 2 is 1.81 bits per heavy atom. The van der Waals surface area contributed by atoms with Crippen LogP contribution >= 0.6 is 11.8 Å². The summed E-state index contributed by atoms with van der Waals surface area (Å²) >= 11 is 1.78. The number of thioether (sulfide) groups is 1. The van der Waals surface area contributed by atoms with Gasteiger partial charge in [-0.3, -0.25) is 9.59 Å². The quantitative estimate of drug-likeness (QED) is 0.842. The van der Waals surface area contributed by atoms with E-state index in [0.717, 1.165) is 11.3 Å². The SMILES string of the molecule is CC(=O)CNC(=O)C(CSC(C)(C)C)Cc1ccccc1. The van der Waals surface area contributed by atoms with Crippen molar-refractivity contribution in [1.82, 2.24) is 5.32 Å². The highest BCUT2D eigenvalue weighted by molar-refractivity contribution is 8.00. The number of rotatable bonds is 7. The van der Waals surface area contributed by atoms with Crippen LogP contribution < -0.4 is 5.32 Å². The van der Waals surface area contributed by atoms with Gasteiger partial charge in [0, 0.05) is 10.5 Å². The van der Waals surface area contributed by atoms with Crippen molar-refractivity contribution in [2.45, 2.75) is 38.9 Å². The molecule has 1 aromatic rings. The van der Waals surface area contributed by atoms with Crippen LogP contribution in [0.15, 0.2) is 30.3 Å². The van der Waals surface area contributed by atoms with Gasteiger partial charge in [-0.1, -0.05) is 51.1 Å². The van der Waals surface area contributed by atoms with Gasteiger partial charge in [-0.15, -0.1) is 0 Å². The van der Waals surface area contributed by atoms with Crippen LogP contribution in [-0.2, 0) is 16.0 Å². The Bertz CT molecular complexity index is 465. The maximum Gasteiger partial charge on any atom is 0.224 e. The van der Waals surface area contributed by atoms with Gasteiger partial charge in [-0.05, 0) is 18.9 Å². The second kappa shape index (κ2) is 8.23. The first kappa shape index (κ1) is 17.8. The van der Waals surface area contributed by atoms with Gasteiger partial charge < -0.3 is 5.32 Å². The topological polar surface area (TPSA) is 46.2 Å². The molecule has 0 saturated carbocycles. The molecule has 3 nitrogen and oxygen atoms in total. The Morgan fingerprint density at radius 3 is 2.33 bits per heavy atom. The molecule has 0 aliphatic rings. The molecule has 0 aromatic heterocycles. The summed E-state index contributed by atoms with van der Waals surface area (Å²) in [6, 6.07) is 10.0. The molecular formula is C17H25NO2S. The molecule has 1 atom stereocenters. The van der Waals surface area contributed by atoms with Crippen LogP contribution in [0.5, 0.6) is 0 Å². The van der Waals surface area contributed by atoms with Gasteiger partial charge in [0.05, 0.1) is 12.5 Å². The van der Waals surface area contributed by atoms with E-state index in [9.17, 15) is 9.59 Å². The van der Waals surface area contributed by atoms with Crippen LogP contribution in [0.3, 0.4) is 0 Å². The molecule has 0 radical (unpaired) electrons. The normalized spacial score (nSPS) is 12.8. The molecule has 0 spiro atoms. The average molecular weight is 307 g/mol. The van der Waals surface area contributed by atoms with Crippen molar-refractivity contribution in [1.29, 1.82) is 0 Å². The van der Waals surface area contributed by atoms with Crippen molar-refractivity contribution in [3.8, 4) is 0 Å². The predicted octanol–water partition coefficient (Wildman–Crippen LogP) is 3.08. The maximum atomic E-state index is 12.3. The molecule has 116 valence electrons. The molecule has 1 amide bonds. The Balaban J connectivity index is 2.69. The minimum atomic E-state index is -0.115. The summed E-state index contributed by atoms with van der Waals surface area (Å²) in [5.41, 5.74) is 1.15. The lowest BCUT2D eigenvalue weighted by atomic mass is 10.0. The molecule has 0 aliphatic heterocycles. The highest BCUT2D eigenvalue weighted by atomic mass is 32.2. The predicted molar refractivity (Wildman–Crippen MR) is 89.5 cm³/mol. The summed E-state index contributed by atoms with van der Waals surface area (Å²) in [5.74, 6) is 0.578. The van der Waals surface area contributed by atoms with Crippen LogP contribution in [-0.4, -0.2) is 28.7 Å². The molecule has 4 heteroatoms. The summed E-state index contributed by atoms with van der Waals surface area (Å²) in [6.07, 6.45) is 0.702. The van der Waals surface area contributed by atoms with E-state index in [1.165, 1.54) is 6.92 Å². The van der Waals surface area contributed by atoms with Gasteiger partial charge in [0.2, 0.25) is 5.91 Å². The van der Waals surface area contributed by atoms with Crippen molar-refractivity contribution in [3.05, 3.63) is 35.9 Å². The number of ketones is 1. The second-order valence-corrected chi connectivity index (χ2v) is 8.08. The summed E-state index contributed by atoms with van der Waals surface area (Å²) < 4.78 is 0.121. The first-order chi connectivity index (χ1) is 9.78. The number of hydrogen-bond donors (Lipinski definition) is 1. The van der Waals surface area contributed by atoms with E-state index < -0.39 is 0 Å². The third-order valence-electron chi connectivity index (χ3n) is 2.92. The van der Waals surface area contributed by atoms with Crippen LogP contribution in [0.2, 0.25) is 0 Å². The molecule has 0 bridgehead atoms. The lowest BCUT2D eigenvalue weighted by Gasteiger charge is -2.22.